The zero-order valence-electron chi connectivity index (χ0n) is 15.6. The van der Waals surface area contributed by atoms with Crippen LogP contribution in [0.3, 0.4) is 0 Å². The van der Waals surface area contributed by atoms with E-state index in [1.807, 2.05) is 59.2 Å². The van der Waals surface area contributed by atoms with Gasteiger partial charge in [-0.05, 0) is 35.9 Å². The Morgan fingerprint density at radius 1 is 0.966 bits per heavy atom. The SMILES string of the molecule is N#Cc1ccccc1Cn1c(CC(N)=O)cc2c1ccc(=O)n2-c1ccccc1. The second-order valence-electron chi connectivity index (χ2n) is 6.75. The molecule has 0 aliphatic heterocycles. The van der Waals surface area contributed by atoms with E-state index in [0.717, 1.165) is 16.8 Å². The fraction of sp³-hybridized carbons (Fsp3) is 0.0870. The molecule has 0 aliphatic rings. The van der Waals surface area contributed by atoms with Gasteiger partial charge in [-0.3, -0.25) is 14.2 Å². The molecular weight excluding hydrogens is 364 g/mol. The van der Waals surface area contributed by atoms with E-state index in [2.05, 4.69) is 6.07 Å². The van der Waals surface area contributed by atoms with Gasteiger partial charge >= 0.3 is 0 Å². The van der Waals surface area contributed by atoms with Gasteiger partial charge in [0.2, 0.25) is 5.91 Å². The molecule has 0 radical (unpaired) electrons. The topological polar surface area (TPSA) is 93.8 Å². The number of nitriles is 1. The molecule has 0 bridgehead atoms. The summed E-state index contributed by atoms with van der Waals surface area (Å²) in [6.07, 6.45) is 0.0341. The Morgan fingerprint density at radius 3 is 2.41 bits per heavy atom. The number of primary amides is 1. The molecule has 142 valence electrons. The van der Waals surface area contributed by atoms with Crippen LogP contribution in [-0.4, -0.2) is 15.0 Å². The fourth-order valence-corrected chi connectivity index (χ4v) is 3.59. The third kappa shape index (κ3) is 3.42. The third-order valence-electron chi connectivity index (χ3n) is 4.88. The Morgan fingerprint density at radius 2 is 1.69 bits per heavy atom. The van der Waals surface area contributed by atoms with Crippen LogP contribution in [0.1, 0.15) is 16.8 Å². The predicted octanol–water partition coefficient (Wildman–Crippen LogP) is 2.74. The largest absolute Gasteiger partial charge is 0.369 e. The highest BCUT2D eigenvalue weighted by Crippen LogP contribution is 2.24. The molecule has 2 aromatic heterocycles. The molecule has 0 saturated heterocycles. The monoisotopic (exact) mass is 382 g/mol. The highest BCUT2D eigenvalue weighted by Gasteiger charge is 2.16. The van der Waals surface area contributed by atoms with Crippen LogP contribution in [0.5, 0.6) is 0 Å². The third-order valence-corrected chi connectivity index (χ3v) is 4.88. The Hall–Kier alpha value is -4.11. The van der Waals surface area contributed by atoms with Crippen molar-refractivity contribution in [3.05, 3.63) is 100.0 Å². The van der Waals surface area contributed by atoms with Crippen LogP contribution < -0.4 is 11.3 Å². The number of nitrogens with zero attached hydrogens (tertiary/aromatic N) is 3. The lowest BCUT2D eigenvalue weighted by Gasteiger charge is -2.12. The van der Waals surface area contributed by atoms with E-state index in [0.29, 0.717) is 23.3 Å². The van der Waals surface area contributed by atoms with Crippen LogP contribution in [0.15, 0.2) is 77.6 Å². The van der Waals surface area contributed by atoms with Gasteiger partial charge in [0.05, 0.1) is 29.1 Å². The molecule has 0 fully saturated rings. The van der Waals surface area contributed by atoms with Crippen LogP contribution in [0.4, 0.5) is 0 Å². The number of fused-ring (bicyclic) bond motifs is 1. The van der Waals surface area contributed by atoms with E-state index in [4.69, 9.17) is 5.73 Å². The van der Waals surface area contributed by atoms with Crippen molar-refractivity contribution in [1.82, 2.24) is 9.13 Å². The number of amides is 1. The first-order valence-electron chi connectivity index (χ1n) is 9.14. The van der Waals surface area contributed by atoms with Crippen LogP contribution in [0.25, 0.3) is 16.7 Å². The lowest BCUT2D eigenvalue weighted by molar-refractivity contribution is -0.117. The standard InChI is InChI=1S/C23H18N4O2/c24-14-16-6-4-5-7-17(16)15-26-19(13-22(25)28)12-21-20(26)10-11-23(29)27(21)18-8-2-1-3-9-18/h1-12H,13,15H2,(H2,25,28). The Balaban J connectivity index is 1.97. The van der Waals surface area contributed by atoms with Crippen molar-refractivity contribution in [3.8, 4) is 11.8 Å². The minimum absolute atomic E-state index is 0.0341. The van der Waals surface area contributed by atoms with Crippen molar-refractivity contribution in [3.63, 3.8) is 0 Å². The van der Waals surface area contributed by atoms with Gasteiger partial charge < -0.3 is 10.3 Å². The zero-order valence-corrected chi connectivity index (χ0v) is 15.6. The number of nitrogens with two attached hydrogens (primary N) is 1. The summed E-state index contributed by atoms with van der Waals surface area (Å²) in [6, 6.07) is 23.9. The van der Waals surface area contributed by atoms with Crippen molar-refractivity contribution < 1.29 is 4.79 Å². The molecule has 2 N–H and O–H groups in total. The van der Waals surface area contributed by atoms with Gasteiger partial charge in [0.25, 0.3) is 5.56 Å². The van der Waals surface area contributed by atoms with E-state index in [-0.39, 0.29) is 12.0 Å². The number of aromatic nitrogens is 2. The summed E-state index contributed by atoms with van der Waals surface area (Å²) in [7, 11) is 0. The first-order valence-corrected chi connectivity index (χ1v) is 9.14. The van der Waals surface area contributed by atoms with E-state index in [1.165, 1.54) is 6.07 Å². The summed E-state index contributed by atoms with van der Waals surface area (Å²) in [5.74, 6) is -0.462. The first-order chi connectivity index (χ1) is 14.1. The number of hydrogen-bond donors (Lipinski definition) is 1. The van der Waals surface area contributed by atoms with E-state index in [9.17, 15) is 14.9 Å². The minimum atomic E-state index is -0.462. The molecule has 0 saturated carbocycles. The van der Waals surface area contributed by atoms with Crippen molar-refractivity contribution in [1.29, 1.82) is 5.26 Å². The second-order valence-corrected chi connectivity index (χ2v) is 6.75. The Bertz CT molecular complexity index is 1310. The maximum Gasteiger partial charge on any atom is 0.255 e. The van der Waals surface area contributed by atoms with Gasteiger partial charge in [-0.2, -0.15) is 5.26 Å². The molecule has 4 aromatic rings. The van der Waals surface area contributed by atoms with Gasteiger partial charge in [0, 0.05) is 24.0 Å². The maximum atomic E-state index is 12.7. The highest BCUT2D eigenvalue weighted by atomic mass is 16.1. The number of carbonyl (C=O) groups excluding carboxylic acids is 1. The summed E-state index contributed by atoms with van der Waals surface area (Å²) in [5, 5.41) is 9.43. The zero-order chi connectivity index (χ0) is 20.4. The van der Waals surface area contributed by atoms with Crippen molar-refractivity contribution in [2.24, 2.45) is 5.73 Å². The molecule has 6 heteroatoms. The summed E-state index contributed by atoms with van der Waals surface area (Å²) in [4.78, 5) is 24.3. The van der Waals surface area contributed by atoms with Crippen molar-refractivity contribution in [2.45, 2.75) is 13.0 Å². The maximum absolute atomic E-state index is 12.7. The second kappa shape index (κ2) is 7.49. The summed E-state index contributed by atoms with van der Waals surface area (Å²) >= 11 is 0. The Kier molecular flexibility index (Phi) is 4.71. The number of hydrogen-bond acceptors (Lipinski definition) is 3. The molecule has 2 heterocycles. The first kappa shape index (κ1) is 18.3. The predicted molar refractivity (Wildman–Crippen MR) is 111 cm³/mol. The van der Waals surface area contributed by atoms with Crippen molar-refractivity contribution in [2.75, 3.05) is 0 Å². The molecule has 29 heavy (non-hydrogen) atoms. The molecule has 6 nitrogen and oxygen atoms in total. The molecule has 0 unspecified atom stereocenters. The van der Waals surface area contributed by atoms with Gasteiger partial charge in [-0.1, -0.05) is 36.4 Å². The smallest absolute Gasteiger partial charge is 0.255 e. The molecule has 0 spiro atoms. The number of pyridine rings is 1. The highest BCUT2D eigenvalue weighted by molar-refractivity contribution is 5.83. The number of carbonyl (C=O) groups is 1. The average molecular weight is 382 g/mol. The quantitative estimate of drug-likeness (QED) is 0.575. The molecule has 0 aliphatic carbocycles. The minimum Gasteiger partial charge on any atom is -0.369 e. The van der Waals surface area contributed by atoms with Crippen LogP contribution in [0.2, 0.25) is 0 Å². The van der Waals surface area contributed by atoms with Crippen LogP contribution in [0, 0.1) is 11.3 Å². The summed E-state index contributed by atoms with van der Waals surface area (Å²) in [6.45, 7) is 0.392. The van der Waals surface area contributed by atoms with Crippen LogP contribution in [-0.2, 0) is 17.8 Å². The van der Waals surface area contributed by atoms with Gasteiger partial charge in [-0.25, -0.2) is 0 Å². The van der Waals surface area contributed by atoms with Gasteiger partial charge in [-0.15, -0.1) is 0 Å². The van der Waals surface area contributed by atoms with E-state index in [1.54, 1.807) is 16.7 Å². The average Bonchev–Trinajstić information content (AvgIpc) is 3.05. The number of para-hydroxylation sites is 1. The number of benzene rings is 2. The lowest BCUT2D eigenvalue weighted by atomic mass is 10.1. The molecular formula is C23H18N4O2. The summed E-state index contributed by atoms with van der Waals surface area (Å²) < 4.78 is 3.56. The number of rotatable bonds is 5. The molecule has 1 amide bonds. The van der Waals surface area contributed by atoms with Gasteiger partial charge in [0.15, 0.2) is 0 Å². The fourth-order valence-electron chi connectivity index (χ4n) is 3.59. The molecule has 4 rings (SSSR count). The van der Waals surface area contributed by atoms with E-state index < -0.39 is 5.91 Å². The summed E-state index contributed by atoms with van der Waals surface area (Å²) in [5.41, 5.74) is 9.61. The van der Waals surface area contributed by atoms with Gasteiger partial charge in [0.1, 0.15) is 0 Å². The van der Waals surface area contributed by atoms with Crippen molar-refractivity contribution >= 4 is 16.9 Å². The van der Waals surface area contributed by atoms with E-state index >= 15 is 0 Å². The van der Waals surface area contributed by atoms with Crippen LogP contribution >= 0.6 is 0 Å². The molecule has 2 aromatic carbocycles. The normalized spacial score (nSPS) is 10.7. The Labute approximate surface area is 167 Å². The molecule has 0 atom stereocenters. The lowest BCUT2D eigenvalue weighted by Crippen LogP contribution is -2.18.